The first-order valence-electron chi connectivity index (χ1n) is 10.9. The molecule has 4 aromatic carbocycles. The van der Waals surface area contributed by atoms with Gasteiger partial charge in [0.05, 0.1) is 12.0 Å². The maximum Gasteiger partial charge on any atom is 0.250 e. The van der Waals surface area contributed by atoms with E-state index in [4.69, 9.17) is 11.6 Å². The second-order valence-electron chi connectivity index (χ2n) is 7.63. The minimum absolute atomic E-state index is 0.137. The molecule has 0 spiro atoms. The molecule has 0 fully saturated rings. The molecule has 0 aliphatic heterocycles. The number of thioether (sulfide) groups is 1. The average Bonchev–Trinajstić information content (AvgIpc) is 3.32. The molecule has 0 atom stereocenters. The Morgan fingerprint density at radius 2 is 1.66 bits per heavy atom. The zero-order valence-corrected chi connectivity index (χ0v) is 20.1. The van der Waals surface area contributed by atoms with Gasteiger partial charge < -0.3 is 0 Å². The molecule has 0 saturated heterocycles. The van der Waals surface area contributed by atoms with Gasteiger partial charge in [0, 0.05) is 21.8 Å². The van der Waals surface area contributed by atoms with E-state index in [9.17, 15) is 4.79 Å². The number of hydrazone groups is 1. The lowest BCUT2D eigenvalue weighted by Crippen LogP contribution is -2.20. The molecule has 0 aliphatic carbocycles. The Hall–Kier alpha value is -3.94. The Morgan fingerprint density at radius 3 is 2.49 bits per heavy atom. The van der Waals surface area contributed by atoms with Crippen LogP contribution in [0.25, 0.3) is 27.8 Å². The van der Waals surface area contributed by atoms with Crippen LogP contribution in [0.15, 0.2) is 107 Å². The smallest absolute Gasteiger partial charge is 0.250 e. The summed E-state index contributed by atoms with van der Waals surface area (Å²) in [5.74, 6) is 0.574. The topological polar surface area (TPSA) is 72.2 Å². The molecule has 0 unspecified atom stereocenters. The number of para-hydroxylation sites is 1. The molecule has 1 N–H and O–H groups in total. The Balaban J connectivity index is 1.31. The van der Waals surface area contributed by atoms with Crippen molar-refractivity contribution in [2.24, 2.45) is 5.10 Å². The van der Waals surface area contributed by atoms with Crippen LogP contribution in [0.4, 0.5) is 0 Å². The van der Waals surface area contributed by atoms with E-state index in [0.717, 1.165) is 27.6 Å². The van der Waals surface area contributed by atoms with Gasteiger partial charge in [0.1, 0.15) is 0 Å². The predicted octanol–water partition coefficient (Wildman–Crippen LogP) is 5.98. The van der Waals surface area contributed by atoms with Crippen molar-refractivity contribution in [3.8, 4) is 17.1 Å². The molecular formula is C27H20ClN5OS. The fourth-order valence-electron chi connectivity index (χ4n) is 3.66. The number of amides is 1. The normalized spacial score (nSPS) is 11.2. The number of hydrogen-bond acceptors (Lipinski definition) is 5. The quantitative estimate of drug-likeness (QED) is 0.170. The largest absolute Gasteiger partial charge is 0.272 e. The fraction of sp³-hybridized carbons (Fsp3) is 0.0370. The highest BCUT2D eigenvalue weighted by Crippen LogP contribution is 2.28. The number of fused-ring (bicyclic) bond motifs is 1. The molecule has 8 heteroatoms. The Labute approximate surface area is 211 Å². The third-order valence-corrected chi connectivity index (χ3v) is 6.48. The first kappa shape index (κ1) is 22.8. The molecule has 35 heavy (non-hydrogen) atoms. The molecule has 6 nitrogen and oxygen atoms in total. The summed E-state index contributed by atoms with van der Waals surface area (Å²) in [6, 6.07) is 31.2. The van der Waals surface area contributed by atoms with Crippen LogP contribution in [0.2, 0.25) is 5.02 Å². The van der Waals surface area contributed by atoms with Gasteiger partial charge in [-0.25, -0.2) is 5.43 Å². The lowest BCUT2D eigenvalue weighted by Gasteiger charge is -2.10. The van der Waals surface area contributed by atoms with Crippen LogP contribution in [0, 0.1) is 0 Å². The van der Waals surface area contributed by atoms with Gasteiger partial charge in [0.2, 0.25) is 0 Å². The Morgan fingerprint density at radius 1 is 0.914 bits per heavy atom. The standard InChI is InChI=1S/C27H20ClN5OS/c28-22-15-13-20(14-16-22)26-31-32-27(33(26)23-10-2-1-3-11-23)35-18-25(34)30-29-17-21-9-6-8-19-7-4-5-12-24(19)21/h1-17H,18H2,(H,30,34). The molecule has 0 bridgehead atoms. The number of rotatable bonds is 7. The maximum atomic E-state index is 12.5. The summed E-state index contributed by atoms with van der Waals surface area (Å²) < 4.78 is 1.93. The van der Waals surface area contributed by atoms with Gasteiger partial charge in [0.15, 0.2) is 11.0 Å². The van der Waals surface area contributed by atoms with Gasteiger partial charge in [-0.2, -0.15) is 5.10 Å². The lowest BCUT2D eigenvalue weighted by molar-refractivity contribution is -0.118. The number of nitrogens with zero attached hydrogens (tertiary/aromatic N) is 4. The molecule has 1 amide bonds. The maximum absolute atomic E-state index is 12.5. The van der Waals surface area contributed by atoms with Crippen molar-refractivity contribution in [1.82, 2.24) is 20.2 Å². The van der Waals surface area contributed by atoms with Crippen LogP contribution in [0.3, 0.4) is 0 Å². The van der Waals surface area contributed by atoms with E-state index >= 15 is 0 Å². The average molecular weight is 498 g/mol. The SMILES string of the molecule is O=C(CSc1nnc(-c2ccc(Cl)cc2)n1-c1ccccc1)NN=Cc1cccc2ccccc12. The summed E-state index contributed by atoms with van der Waals surface area (Å²) in [7, 11) is 0. The number of carbonyl (C=O) groups excluding carboxylic acids is 1. The molecule has 172 valence electrons. The molecule has 0 aliphatic rings. The zero-order chi connectivity index (χ0) is 24.0. The number of benzene rings is 4. The van der Waals surface area contributed by atoms with E-state index in [1.807, 2.05) is 102 Å². The van der Waals surface area contributed by atoms with Crippen LogP contribution >= 0.6 is 23.4 Å². The minimum Gasteiger partial charge on any atom is -0.272 e. The Kier molecular flexibility index (Phi) is 6.88. The molecule has 0 radical (unpaired) electrons. The number of aromatic nitrogens is 3. The monoisotopic (exact) mass is 497 g/mol. The van der Waals surface area contributed by atoms with Gasteiger partial charge in [-0.15, -0.1) is 10.2 Å². The van der Waals surface area contributed by atoms with Gasteiger partial charge in [-0.3, -0.25) is 9.36 Å². The summed E-state index contributed by atoms with van der Waals surface area (Å²) in [5, 5.41) is 16.3. The van der Waals surface area contributed by atoms with Crippen LogP contribution in [-0.2, 0) is 4.79 Å². The van der Waals surface area contributed by atoms with Gasteiger partial charge >= 0.3 is 0 Å². The van der Waals surface area contributed by atoms with Gasteiger partial charge in [-0.1, -0.05) is 84.0 Å². The zero-order valence-electron chi connectivity index (χ0n) is 18.5. The Bertz CT molecular complexity index is 1490. The highest BCUT2D eigenvalue weighted by molar-refractivity contribution is 7.99. The van der Waals surface area contributed by atoms with Crippen LogP contribution in [0.1, 0.15) is 5.56 Å². The third-order valence-electron chi connectivity index (χ3n) is 5.30. The molecule has 5 rings (SSSR count). The first-order valence-corrected chi connectivity index (χ1v) is 12.2. The third kappa shape index (κ3) is 5.26. The second-order valence-corrected chi connectivity index (χ2v) is 9.01. The lowest BCUT2D eigenvalue weighted by atomic mass is 10.1. The van der Waals surface area contributed by atoms with E-state index < -0.39 is 0 Å². The molecule has 0 saturated carbocycles. The van der Waals surface area contributed by atoms with Crippen molar-refractivity contribution in [2.75, 3.05) is 5.75 Å². The van der Waals surface area contributed by atoms with Crippen LogP contribution in [0.5, 0.6) is 0 Å². The number of halogens is 1. The van der Waals surface area contributed by atoms with Crippen LogP contribution in [-0.4, -0.2) is 32.6 Å². The highest BCUT2D eigenvalue weighted by atomic mass is 35.5. The number of hydrogen-bond donors (Lipinski definition) is 1. The summed E-state index contributed by atoms with van der Waals surface area (Å²) in [4.78, 5) is 12.5. The van der Waals surface area contributed by atoms with Crippen molar-refractivity contribution < 1.29 is 4.79 Å². The van der Waals surface area contributed by atoms with Crippen molar-refractivity contribution in [2.45, 2.75) is 5.16 Å². The van der Waals surface area contributed by atoms with Gasteiger partial charge in [0.25, 0.3) is 5.91 Å². The van der Waals surface area contributed by atoms with Crippen molar-refractivity contribution in [3.05, 3.63) is 108 Å². The minimum atomic E-state index is -0.234. The summed E-state index contributed by atoms with van der Waals surface area (Å²) in [6.07, 6.45) is 1.66. The molecule has 1 aromatic heterocycles. The summed E-state index contributed by atoms with van der Waals surface area (Å²) in [6.45, 7) is 0. The van der Waals surface area contributed by atoms with Gasteiger partial charge in [-0.05, 0) is 47.2 Å². The molecular weight excluding hydrogens is 478 g/mol. The summed E-state index contributed by atoms with van der Waals surface area (Å²) in [5.41, 5.74) is 5.32. The number of nitrogens with one attached hydrogen (secondary N) is 1. The molecule has 1 heterocycles. The second kappa shape index (κ2) is 10.5. The van der Waals surface area contributed by atoms with E-state index in [1.54, 1.807) is 6.21 Å². The van der Waals surface area contributed by atoms with Crippen molar-refractivity contribution in [3.63, 3.8) is 0 Å². The van der Waals surface area contributed by atoms with E-state index in [0.29, 0.717) is 16.0 Å². The van der Waals surface area contributed by atoms with E-state index in [1.165, 1.54) is 11.8 Å². The van der Waals surface area contributed by atoms with E-state index in [2.05, 4.69) is 20.7 Å². The highest BCUT2D eigenvalue weighted by Gasteiger charge is 2.17. The van der Waals surface area contributed by atoms with Crippen molar-refractivity contribution in [1.29, 1.82) is 0 Å². The van der Waals surface area contributed by atoms with Crippen molar-refractivity contribution >= 4 is 46.3 Å². The summed E-state index contributed by atoms with van der Waals surface area (Å²) >= 11 is 7.35. The first-order chi connectivity index (χ1) is 17.2. The van der Waals surface area contributed by atoms with E-state index in [-0.39, 0.29) is 11.7 Å². The molecule has 5 aromatic rings. The predicted molar refractivity (Wildman–Crippen MR) is 142 cm³/mol. The van der Waals surface area contributed by atoms with Crippen LogP contribution < -0.4 is 5.43 Å². The number of carbonyl (C=O) groups is 1. The fourth-order valence-corrected chi connectivity index (χ4v) is 4.53.